The Morgan fingerprint density at radius 2 is 1.92 bits per heavy atom. The van der Waals surface area contributed by atoms with Crippen molar-refractivity contribution in [2.24, 2.45) is 0 Å². The van der Waals surface area contributed by atoms with Gasteiger partial charge in [-0.2, -0.15) is 4.73 Å². The van der Waals surface area contributed by atoms with Gasteiger partial charge in [0.05, 0.1) is 17.5 Å². The van der Waals surface area contributed by atoms with E-state index in [9.17, 15) is 18.4 Å². The third-order valence-corrected chi connectivity index (χ3v) is 6.06. The minimum atomic E-state index is -3.29. The summed E-state index contributed by atoms with van der Waals surface area (Å²) in [6.45, 7) is 0. The van der Waals surface area contributed by atoms with Gasteiger partial charge < -0.3 is 10.1 Å². The average molecular weight is 376 g/mol. The second-order valence-electron chi connectivity index (χ2n) is 5.48. The molecule has 1 aliphatic rings. The van der Waals surface area contributed by atoms with E-state index in [0.29, 0.717) is 15.4 Å². The van der Waals surface area contributed by atoms with Gasteiger partial charge in [-0.25, -0.2) is 8.42 Å². The van der Waals surface area contributed by atoms with Gasteiger partial charge in [0, 0.05) is 23.2 Å². The summed E-state index contributed by atoms with van der Waals surface area (Å²) in [5.74, 6) is -0.358. The maximum atomic E-state index is 12.8. The van der Waals surface area contributed by atoms with Crippen molar-refractivity contribution in [1.29, 1.82) is 0 Å². The quantitative estimate of drug-likeness (QED) is 0.451. The molecule has 2 aromatic rings. The van der Waals surface area contributed by atoms with Gasteiger partial charge in [0.15, 0.2) is 16.0 Å². The number of carbonyl (C=O) groups excluding carboxylic acids is 1. The molecule has 8 heteroatoms. The van der Waals surface area contributed by atoms with Gasteiger partial charge in [0.25, 0.3) is 5.03 Å². The second-order valence-corrected chi connectivity index (χ2v) is 8.40. The Morgan fingerprint density at radius 1 is 1.20 bits per heavy atom. The van der Waals surface area contributed by atoms with E-state index in [1.54, 1.807) is 42.5 Å². The number of para-hydroxylation sites is 1. The molecule has 3 rings (SSSR count). The lowest BCUT2D eigenvalue weighted by Crippen LogP contribution is -2.42. The van der Waals surface area contributed by atoms with Crippen molar-refractivity contribution in [2.75, 3.05) is 16.4 Å². The van der Waals surface area contributed by atoms with Crippen LogP contribution in [0, 0.1) is 5.21 Å². The van der Waals surface area contributed by atoms with E-state index in [4.69, 9.17) is 0 Å². The van der Waals surface area contributed by atoms with Gasteiger partial charge in [0.2, 0.25) is 5.91 Å². The van der Waals surface area contributed by atoms with E-state index < -0.39 is 15.9 Å². The van der Waals surface area contributed by atoms with E-state index in [2.05, 4.69) is 0 Å². The van der Waals surface area contributed by atoms with Crippen LogP contribution in [0.3, 0.4) is 0 Å². The molecule has 1 aromatic carbocycles. The van der Waals surface area contributed by atoms with Gasteiger partial charge in [-0.15, -0.1) is 0 Å². The molecule has 0 fully saturated rings. The zero-order valence-electron chi connectivity index (χ0n) is 13.2. The van der Waals surface area contributed by atoms with Gasteiger partial charge in [-0.05, 0) is 36.0 Å². The molecule has 2 heterocycles. The molecule has 0 spiro atoms. The number of pyridine rings is 1. The molecule has 25 heavy (non-hydrogen) atoms. The highest BCUT2D eigenvalue weighted by Crippen LogP contribution is 2.24. The number of nitrogens with zero attached hydrogens (tertiary/aromatic N) is 2. The highest BCUT2D eigenvalue weighted by atomic mass is 32.2. The van der Waals surface area contributed by atoms with Crippen molar-refractivity contribution in [2.45, 2.75) is 11.1 Å². The van der Waals surface area contributed by atoms with Crippen molar-refractivity contribution in [3.63, 3.8) is 0 Å². The fraction of sp³-hybridized carbons (Fsp3) is 0.176. The van der Waals surface area contributed by atoms with Crippen LogP contribution in [-0.4, -0.2) is 31.9 Å². The number of carbonyl (C=O) groups is 1. The summed E-state index contributed by atoms with van der Waals surface area (Å²) < 4.78 is 24.2. The summed E-state index contributed by atoms with van der Waals surface area (Å²) in [4.78, 5) is 14.3. The standard InChI is InChI=1S/C17H16N2O4S2/c20-16(12-24-17-8-4-5-10-18(17)21)19(14-6-2-1-3-7-14)15-9-11-25(22,23)13-15/h1-11,15H,12-13H2/t15-/m1/s1. The van der Waals surface area contributed by atoms with E-state index >= 15 is 0 Å². The predicted octanol–water partition coefficient (Wildman–Crippen LogP) is 1.76. The molecule has 1 aliphatic heterocycles. The number of thioether (sulfide) groups is 1. The Hall–Kier alpha value is -2.32. The molecule has 1 amide bonds. The third-order valence-electron chi connectivity index (χ3n) is 3.68. The number of hydrogen-bond acceptors (Lipinski definition) is 5. The predicted molar refractivity (Wildman–Crippen MR) is 96.8 cm³/mol. The molecule has 0 saturated carbocycles. The van der Waals surface area contributed by atoms with Crippen LogP contribution in [0.4, 0.5) is 5.69 Å². The summed E-state index contributed by atoms with van der Waals surface area (Å²) in [6, 6.07) is 13.4. The van der Waals surface area contributed by atoms with Crippen LogP contribution in [-0.2, 0) is 14.6 Å². The fourth-order valence-corrected chi connectivity index (χ4v) is 4.60. The number of aromatic nitrogens is 1. The normalized spacial score (nSPS) is 18.2. The molecule has 1 aromatic heterocycles. The van der Waals surface area contributed by atoms with E-state index in [1.807, 2.05) is 6.07 Å². The first-order valence-electron chi connectivity index (χ1n) is 7.55. The first kappa shape index (κ1) is 17.5. The second kappa shape index (κ2) is 7.28. The number of benzene rings is 1. The van der Waals surface area contributed by atoms with E-state index in [-0.39, 0.29) is 17.4 Å². The summed E-state index contributed by atoms with van der Waals surface area (Å²) in [5, 5.41) is 13.3. The van der Waals surface area contributed by atoms with E-state index in [0.717, 1.165) is 17.2 Å². The first-order valence-corrected chi connectivity index (χ1v) is 10.3. The lowest BCUT2D eigenvalue weighted by Gasteiger charge is -2.27. The molecule has 130 valence electrons. The summed E-state index contributed by atoms with van der Waals surface area (Å²) in [6.07, 6.45) is 2.90. The van der Waals surface area contributed by atoms with Gasteiger partial charge in [0.1, 0.15) is 0 Å². The summed E-state index contributed by atoms with van der Waals surface area (Å²) >= 11 is 1.12. The fourth-order valence-electron chi connectivity index (χ4n) is 2.56. The number of sulfone groups is 1. The van der Waals surface area contributed by atoms with E-state index in [1.165, 1.54) is 17.2 Å². The van der Waals surface area contributed by atoms with Gasteiger partial charge in [-0.1, -0.05) is 18.2 Å². The average Bonchev–Trinajstić information content (AvgIpc) is 2.95. The van der Waals surface area contributed by atoms with Gasteiger partial charge in [-0.3, -0.25) is 4.79 Å². The van der Waals surface area contributed by atoms with Crippen LogP contribution in [0.25, 0.3) is 0 Å². The van der Waals surface area contributed by atoms with Crippen molar-refractivity contribution < 1.29 is 17.9 Å². The third kappa shape index (κ3) is 4.21. The Kier molecular flexibility index (Phi) is 5.10. The molecule has 0 radical (unpaired) electrons. The van der Waals surface area contributed by atoms with Crippen LogP contribution in [0.5, 0.6) is 0 Å². The summed E-state index contributed by atoms with van der Waals surface area (Å²) in [5.41, 5.74) is 0.628. The minimum absolute atomic E-state index is 0.0333. The Bertz CT molecular complexity index is 898. The monoisotopic (exact) mass is 376 g/mol. The Balaban J connectivity index is 1.81. The molecular weight excluding hydrogens is 360 g/mol. The highest BCUT2D eigenvalue weighted by molar-refractivity contribution is 7.99. The minimum Gasteiger partial charge on any atom is -0.618 e. The number of amides is 1. The Labute approximate surface area is 150 Å². The van der Waals surface area contributed by atoms with Crippen LogP contribution in [0.1, 0.15) is 0 Å². The Morgan fingerprint density at radius 3 is 2.56 bits per heavy atom. The largest absolute Gasteiger partial charge is 0.618 e. The lowest BCUT2D eigenvalue weighted by molar-refractivity contribution is -0.645. The van der Waals surface area contributed by atoms with Crippen LogP contribution in [0.15, 0.2) is 71.2 Å². The van der Waals surface area contributed by atoms with Crippen molar-refractivity contribution in [3.8, 4) is 0 Å². The smallest absolute Gasteiger partial charge is 0.251 e. The van der Waals surface area contributed by atoms with Crippen LogP contribution < -0.4 is 9.63 Å². The molecule has 0 aliphatic carbocycles. The van der Waals surface area contributed by atoms with Crippen LogP contribution >= 0.6 is 11.8 Å². The lowest BCUT2D eigenvalue weighted by atomic mass is 10.2. The zero-order chi connectivity index (χ0) is 17.9. The molecule has 0 bridgehead atoms. The number of anilines is 1. The van der Waals surface area contributed by atoms with Crippen molar-refractivity contribution in [1.82, 2.24) is 0 Å². The maximum Gasteiger partial charge on any atom is 0.251 e. The molecule has 0 unspecified atom stereocenters. The SMILES string of the molecule is O=C(CSc1cccc[n+]1[O-])N(c1ccccc1)[C@@H]1C=CS(=O)(=O)C1. The van der Waals surface area contributed by atoms with Crippen molar-refractivity contribution >= 4 is 33.2 Å². The molecule has 1 atom stereocenters. The van der Waals surface area contributed by atoms with Crippen molar-refractivity contribution in [3.05, 3.63) is 71.4 Å². The van der Waals surface area contributed by atoms with Gasteiger partial charge >= 0.3 is 0 Å². The molecule has 6 nitrogen and oxygen atoms in total. The number of rotatable bonds is 5. The first-order chi connectivity index (χ1) is 12.0. The maximum absolute atomic E-state index is 12.8. The topological polar surface area (TPSA) is 81.4 Å². The number of hydrogen-bond donors (Lipinski definition) is 0. The molecule has 0 N–H and O–H groups in total. The molecule has 0 saturated heterocycles. The summed E-state index contributed by atoms with van der Waals surface area (Å²) in [7, 11) is -3.29. The van der Waals surface area contributed by atoms with Crippen LogP contribution in [0.2, 0.25) is 0 Å². The molecular formula is C17H16N2O4S2. The highest BCUT2D eigenvalue weighted by Gasteiger charge is 2.31. The zero-order valence-corrected chi connectivity index (χ0v) is 14.8.